The fourth-order valence-corrected chi connectivity index (χ4v) is 2.33. The number of hydrogen-bond donors (Lipinski definition) is 1. The van der Waals surface area contributed by atoms with Crippen LogP contribution in [-0.2, 0) is 6.42 Å². The van der Waals surface area contributed by atoms with Gasteiger partial charge in [0.15, 0.2) is 0 Å². The first-order valence-electron chi connectivity index (χ1n) is 5.27. The highest BCUT2D eigenvalue weighted by Crippen LogP contribution is 2.49. The van der Waals surface area contributed by atoms with Gasteiger partial charge in [0.2, 0.25) is 5.13 Å². The van der Waals surface area contributed by atoms with E-state index < -0.39 is 0 Å². The second kappa shape index (κ2) is 3.50. The fourth-order valence-electron chi connectivity index (χ4n) is 1.63. The van der Waals surface area contributed by atoms with E-state index in [1.165, 1.54) is 24.4 Å². The van der Waals surface area contributed by atoms with Gasteiger partial charge < -0.3 is 5.32 Å². The van der Waals surface area contributed by atoms with E-state index in [4.69, 9.17) is 0 Å². The highest BCUT2D eigenvalue weighted by Gasteiger charge is 2.48. The van der Waals surface area contributed by atoms with Crippen molar-refractivity contribution in [2.24, 2.45) is 5.41 Å². The largest absolute Gasteiger partial charge is 0.357 e. The average Bonchev–Trinajstić information content (AvgIpc) is 2.64. The van der Waals surface area contributed by atoms with Crippen LogP contribution in [-0.4, -0.2) is 15.4 Å². The molecule has 4 heteroatoms. The van der Waals surface area contributed by atoms with Gasteiger partial charge in [-0.1, -0.05) is 20.8 Å². The number of aromatic nitrogens is 2. The monoisotopic (exact) mass is 211 g/mol. The fraction of sp³-hybridized carbons (Fsp3) is 0.800. The summed E-state index contributed by atoms with van der Waals surface area (Å²) in [4.78, 5) is 4.41. The van der Waals surface area contributed by atoms with E-state index >= 15 is 0 Å². The van der Waals surface area contributed by atoms with E-state index in [0.29, 0.717) is 11.5 Å². The van der Waals surface area contributed by atoms with Crippen LogP contribution in [0.3, 0.4) is 0 Å². The number of aryl methyl sites for hydroxylation is 1. The molecule has 0 saturated heterocycles. The second-order valence-electron chi connectivity index (χ2n) is 4.28. The van der Waals surface area contributed by atoms with Gasteiger partial charge in [-0.15, -0.1) is 0 Å². The molecular weight excluding hydrogens is 194 g/mol. The zero-order valence-electron chi connectivity index (χ0n) is 9.00. The van der Waals surface area contributed by atoms with Crippen LogP contribution in [0.25, 0.3) is 0 Å². The van der Waals surface area contributed by atoms with Gasteiger partial charge in [-0.25, -0.2) is 4.98 Å². The third-order valence-electron chi connectivity index (χ3n) is 3.24. The van der Waals surface area contributed by atoms with Gasteiger partial charge in [0.05, 0.1) is 0 Å². The van der Waals surface area contributed by atoms with Crippen LogP contribution in [0.4, 0.5) is 5.13 Å². The lowest BCUT2D eigenvalue weighted by molar-refractivity contribution is 0.535. The molecule has 0 aromatic carbocycles. The molecule has 1 fully saturated rings. The van der Waals surface area contributed by atoms with Crippen LogP contribution in [0.2, 0.25) is 0 Å². The molecule has 78 valence electrons. The Labute approximate surface area is 89.1 Å². The summed E-state index contributed by atoms with van der Waals surface area (Å²) in [5, 5.41) is 4.45. The van der Waals surface area contributed by atoms with Crippen LogP contribution in [0.1, 0.15) is 39.4 Å². The van der Waals surface area contributed by atoms with Crippen LogP contribution in [0.5, 0.6) is 0 Å². The Morgan fingerprint density at radius 3 is 2.86 bits per heavy atom. The number of hydrogen-bond acceptors (Lipinski definition) is 4. The molecule has 0 amide bonds. The Balaban J connectivity index is 1.93. The minimum Gasteiger partial charge on any atom is -0.357 e. The number of nitrogens with zero attached hydrogens (tertiary/aromatic N) is 2. The van der Waals surface area contributed by atoms with Crippen LogP contribution in [0.15, 0.2) is 0 Å². The van der Waals surface area contributed by atoms with Crippen molar-refractivity contribution in [1.29, 1.82) is 0 Å². The molecule has 1 aromatic rings. The Morgan fingerprint density at radius 2 is 2.36 bits per heavy atom. The summed E-state index contributed by atoms with van der Waals surface area (Å²) < 4.78 is 4.26. The van der Waals surface area contributed by atoms with Crippen molar-refractivity contribution in [2.75, 3.05) is 5.32 Å². The maximum atomic E-state index is 4.41. The molecule has 2 rings (SSSR count). The van der Waals surface area contributed by atoms with Crippen molar-refractivity contribution >= 4 is 16.7 Å². The molecule has 0 spiro atoms. The quantitative estimate of drug-likeness (QED) is 0.832. The third-order valence-corrected chi connectivity index (χ3v) is 3.93. The van der Waals surface area contributed by atoms with Crippen molar-refractivity contribution in [3.8, 4) is 0 Å². The Morgan fingerprint density at radius 1 is 1.57 bits per heavy atom. The first-order chi connectivity index (χ1) is 6.68. The smallest absolute Gasteiger partial charge is 0.202 e. The third kappa shape index (κ3) is 1.75. The standard InChI is InChI=1S/C10H17N3S/c1-4-8-12-9(14-13-8)11-7-6-10(7,3)5-2/h7H,4-6H2,1-3H3,(H,11,12,13). The summed E-state index contributed by atoms with van der Waals surface area (Å²) in [7, 11) is 0. The molecule has 14 heavy (non-hydrogen) atoms. The maximum absolute atomic E-state index is 4.41. The molecule has 1 aliphatic rings. The van der Waals surface area contributed by atoms with E-state index in [1.807, 2.05) is 0 Å². The highest BCUT2D eigenvalue weighted by molar-refractivity contribution is 7.09. The molecule has 1 N–H and O–H groups in total. The van der Waals surface area contributed by atoms with E-state index in [9.17, 15) is 0 Å². The number of nitrogens with one attached hydrogen (secondary N) is 1. The van der Waals surface area contributed by atoms with Crippen molar-refractivity contribution in [3.05, 3.63) is 5.82 Å². The van der Waals surface area contributed by atoms with E-state index in [1.54, 1.807) is 0 Å². The Bertz CT molecular complexity index is 323. The SMILES string of the molecule is CCc1nsc(NC2CC2(C)CC)n1. The van der Waals surface area contributed by atoms with Gasteiger partial charge in [0, 0.05) is 24.0 Å². The second-order valence-corrected chi connectivity index (χ2v) is 5.03. The van der Waals surface area contributed by atoms with Gasteiger partial charge in [-0.05, 0) is 18.3 Å². The minimum atomic E-state index is 0.498. The summed E-state index contributed by atoms with van der Waals surface area (Å²) in [6, 6.07) is 0.616. The van der Waals surface area contributed by atoms with E-state index in [-0.39, 0.29) is 0 Å². The lowest BCUT2D eigenvalue weighted by Crippen LogP contribution is -2.10. The molecule has 0 bridgehead atoms. The van der Waals surface area contributed by atoms with Crippen LogP contribution >= 0.6 is 11.5 Å². The molecule has 1 aromatic heterocycles. The van der Waals surface area contributed by atoms with Crippen LogP contribution < -0.4 is 5.32 Å². The van der Waals surface area contributed by atoms with Crippen LogP contribution in [0, 0.1) is 5.41 Å². The van der Waals surface area contributed by atoms with Gasteiger partial charge in [0.1, 0.15) is 5.82 Å². The molecule has 0 aliphatic heterocycles. The molecule has 2 unspecified atom stereocenters. The normalized spacial score (nSPS) is 30.4. The average molecular weight is 211 g/mol. The van der Waals surface area contributed by atoms with Crippen molar-refractivity contribution < 1.29 is 0 Å². The van der Waals surface area contributed by atoms with Crippen molar-refractivity contribution in [1.82, 2.24) is 9.36 Å². The highest BCUT2D eigenvalue weighted by atomic mass is 32.1. The summed E-state index contributed by atoms with van der Waals surface area (Å²) in [5.41, 5.74) is 0.498. The molecule has 1 saturated carbocycles. The lowest BCUT2D eigenvalue weighted by Gasteiger charge is -2.06. The number of anilines is 1. The minimum absolute atomic E-state index is 0.498. The molecular formula is C10H17N3S. The maximum Gasteiger partial charge on any atom is 0.202 e. The molecule has 2 atom stereocenters. The first kappa shape index (κ1) is 9.90. The lowest BCUT2D eigenvalue weighted by atomic mass is 10.1. The molecule has 0 radical (unpaired) electrons. The van der Waals surface area contributed by atoms with Gasteiger partial charge in [0.25, 0.3) is 0 Å². The topological polar surface area (TPSA) is 37.8 Å². The molecule has 1 aliphatic carbocycles. The van der Waals surface area contributed by atoms with Crippen molar-refractivity contribution in [3.63, 3.8) is 0 Å². The molecule has 3 nitrogen and oxygen atoms in total. The van der Waals surface area contributed by atoms with Gasteiger partial charge in [-0.2, -0.15) is 4.37 Å². The van der Waals surface area contributed by atoms with E-state index in [2.05, 4.69) is 35.4 Å². The predicted molar refractivity (Wildman–Crippen MR) is 59.7 cm³/mol. The van der Waals surface area contributed by atoms with E-state index in [0.717, 1.165) is 17.4 Å². The zero-order chi connectivity index (χ0) is 10.2. The van der Waals surface area contributed by atoms with Gasteiger partial charge in [-0.3, -0.25) is 0 Å². The van der Waals surface area contributed by atoms with Gasteiger partial charge >= 0.3 is 0 Å². The Hall–Kier alpha value is -0.640. The summed E-state index contributed by atoms with van der Waals surface area (Å²) in [6.45, 7) is 6.66. The number of rotatable bonds is 4. The predicted octanol–water partition coefficient (Wildman–Crippen LogP) is 2.70. The summed E-state index contributed by atoms with van der Waals surface area (Å²) in [5.74, 6) is 0.955. The first-order valence-corrected chi connectivity index (χ1v) is 6.04. The Kier molecular flexibility index (Phi) is 2.47. The summed E-state index contributed by atoms with van der Waals surface area (Å²) in [6.07, 6.45) is 3.43. The van der Waals surface area contributed by atoms with Crippen molar-refractivity contribution in [2.45, 2.75) is 46.1 Å². The zero-order valence-corrected chi connectivity index (χ0v) is 9.82. The summed E-state index contributed by atoms with van der Waals surface area (Å²) >= 11 is 1.48. The molecule has 1 heterocycles.